The number of likely N-dealkylation sites (tertiary alicyclic amines) is 2. The molecule has 3 amide bonds. The normalized spacial score (nSPS) is 22.5. The van der Waals surface area contributed by atoms with Crippen LogP contribution in [-0.2, 0) is 4.79 Å². The van der Waals surface area contributed by atoms with Crippen LogP contribution in [0.15, 0.2) is 11.1 Å². The molecule has 0 spiro atoms. The largest absolute Gasteiger partial charge is 0.336 e. The molecule has 2 N–H and O–H groups in total. The fourth-order valence-corrected chi connectivity index (χ4v) is 3.98. The van der Waals surface area contributed by atoms with E-state index in [0.717, 1.165) is 25.7 Å². The summed E-state index contributed by atoms with van der Waals surface area (Å²) in [6.07, 6.45) is 3.50. The van der Waals surface area contributed by atoms with Crippen molar-refractivity contribution in [2.45, 2.75) is 57.7 Å². The van der Waals surface area contributed by atoms with Gasteiger partial charge in [-0.25, -0.2) is 4.79 Å². The molecule has 7 nitrogen and oxygen atoms in total. The van der Waals surface area contributed by atoms with Crippen LogP contribution < -0.4 is 10.6 Å². The van der Waals surface area contributed by atoms with E-state index < -0.39 is 0 Å². The molecule has 8 heteroatoms. The Balaban J connectivity index is 0.00000243. The Morgan fingerprint density at radius 2 is 1.92 bits per heavy atom. The standard InChI is InChI=1S/C18H27N5O2.ClH/c1-12(2)21-18(25)22-10-13-6-15(7-14(13)11-22)20-9-17(24)23-5-3-4-16(23)8-19;/h12,15-16,20H,3-7,9-11H2,1-2H3,(H,21,25);1H. The molecular formula is C18H28ClN5O2. The molecule has 0 saturated carbocycles. The monoisotopic (exact) mass is 381 g/mol. The van der Waals surface area contributed by atoms with Crippen molar-refractivity contribution in [2.75, 3.05) is 26.2 Å². The van der Waals surface area contributed by atoms with Crippen molar-refractivity contribution in [1.82, 2.24) is 20.4 Å². The van der Waals surface area contributed by atoms with Crippen molar-refractivity contribution < 1.29 is 9.59 Å². The third kappa shape index (κ3) is 4.49. The molecule has 1 saturated heterocycles. The molecule has 0 aromatic rings. The maximum atomic E-state index is 12.3. The predicted molar refractivity (Wildman–Crippen MR) is 101 cm³/mol. The Kier molecular flexibility index (Phi) is 6.90. The summed E-state index contributed by atoms with van der Waals surface area (Å²) in [4.78, 5) is 27.9. The summed E-state index contributed by atoms with van der Waals surface area (Å²) in [6.45, 7) is 6.30. The van der Waals surface area contributed by atoms with Crippen LogP contribution in [0.5, 0.6) is 0 Å². The van der Waals surface area contributed by atoms with E-state index in [1.165, 1.54) is 11.1 Å². The number of nitriles is 1. The Bertz CT molecular complexity index is 610. The molecule has 1 unspecified atom stereocenters. The summed E-state index contributed by atoms with van der Waals surface area (Å²) in [5.74, 6) is 0.0223. The average molecular weight is 382 g/mol. The molecule has 3 aliphatic rings. The molecule has 144 valence electrons. The lowest BCUT2D eigenvalue weighted by molar-refractivity contribution is -0.130. The van der Waals surface area contributed by atoms with Gasteiger partial charge >= 0.3 is 6.03 Å². The minimum absolute atomic E-state index is 0. The minimum atomic E-state index is -0.256. The zero-order valence-electron chi connectivity index (χ0n) is 15.5. The fraction of sp³-hybridized carbons (Fsp3) is 0.722. The summed E-state index contributed by atoms with van der Waals surface area (Å²) >= 11 is 0. The van der Waals surface area contributed by atoms with Crippen molar-refractivity contribution in [3.05, 3.63) is 11.1 Å². The van der Waals surface area contributed by atoms with Crippen molar-refractivity contribution >= 4 is 24.3 Å². The van der Waals surface area contributed by atoms with E-state index in [9.17, 15) is 9.59 Å². The van der Waals surface area contributed by atoms with E-state index in [0.29, 0.717) is 26.2 Å². The average Bonchev–Trinajstić information content (AvgIpc) is 3.25. The second-order valence-corrected chi connectivity index (χ2v) is 7.53. The quantitative estimate of drug-likeness (QED) is 0.720. The van der Waals surface area contributed by atoms with Crippen LogP contribution in [0.2, 0.25) is 0 Å². The van der Waals surface area contributed by atoms with E-state index >= 15 is 0 Å². The van der Waals surface area contributed by atoms with Crippen LogP contribution in [0, 0.1) is 11.3 Å². The molecule has 2 aliphatic heterocycles. The van der Waals surface area contributed by atoms with E-state index in [4.69, 9.17) is 5.26 Å². The highest BCUT2D eigenvalue weighted by Crippen LogP contribution is 2.32. The number of amides is 3. The van der Waals surface area contributed by atoms with E-state index in [2.05, 4.69) is 16.7 Å². The van der Waals surface area contributed by atoms with Crippen molar-refractivity contribution in [1.29, 1.82) is 5.26 Å². The molecule has 1 fully saturated rings. The third-order valence-electron chi connectivity index (χ3n) is 5.21. The lowest BCUT2D eigenvalue weighted by Gasteiger charge is -2.24. The first-order valence-electron chi connectivity index (χ1n) is 9.15. The zero-order valence-corrected chi connectivity index (χ0v) is 16.3. The lowest BCUT2D eigenvalue weighted by Crippen LogP contribution is -2.44. The molecule has 3 rings (SSSR count). The van der Waals surface area contributed by atoms with Gasteiger partial charge in [0.2, 0.25) is 5.91 Å². The second-order valence-electron chi connectivity index (χ2n) is 7.53. The van der Waals surface area contributed by atoms with Gasteiger partial charge < -0.3 is 20.4 Å². The zero-order chi connectivity index (χ0) is 18.0. The molecule has 1 aliphatic carbocycles. The van der Waals surface area contributed by atoms with Gasteiger partial charge in [0, 0.05) is 31.7 Å². The molecule has 1 atom stereocenters. The summed E-state index contributed by atoms with van der Waals surface area (Å²) in [6, 6.07) is 2.37. The second kappa shape index (κ2) is 8.74. The Labute approximate surface area is 161 Å². The molecular weight excluding hydrogens is 354 g/mol. The van der Waals surface area contributed by atoms with Crippen LogP contribution in [0.4, 0.5) is 4.79 Å². The van der Waals surface area contributed by atoms with Crippen LogP contribution in [0.25, 0.3) is 0 Å². The topological polar surface area (TPSA) is 88.5 Å². The first kappa shape index (κ1) is 20.5. The van der Waals surface area contributed by atoms with Crippen LogP contribution in [0.1, 0.15) is 39.5 Å². The number of rotatable bonds is 4. The Morgan fingerprint density at radius 3 is 2.50 bits per heavy atom. The van der Waals surface area contributed by atoms with E-state index in [1.807, 2.05) is 18.7 Å². The smallest absolute Gasteiger partial charge is 0.318 e. The highest BCUT2D eigenvalue weighted by atomic mass is 35.5. The number of nitrogens with one attached hydrogen (secondary N) is 2. The van der Waals surface area contributed by atoms with Crippen LogP contribution in [-0.4, -0.2) is 66.0 Å². The van der Waals surface area contributed by atoms with Crippen LogP contribution >= 0.6 is 12.4 Å². The first-order chi connectivity index (χ1) is 12.0. The fourth-order valence-electron chi connectivity index (χ4n) is 3.98. The summed E-state index contributed by atoms with van der Waals surface area (Å²) < 4.78 is 0. The number of hydrogen-bond acceptors (Lipinski definition) is 4. The number of carbonyl (C=O) groups excluding carboxylic acids is 2. The number of hydrogen-bond donors (Lipinski definition) is 2. The SMILES string of the molecule is CC(C)NC(=O)N1CC2=C(CC(NCC(=O)N3CCCC3C#N)C2)C1.Cl. The third-order valence-corrected chi connectivity index (χ3v) is 5.21. The summed E-state index contributed by atoms with van der Waals surface area (Å²) in [5, 5.41) is 15.4. The Morgan fingerprint density at radius 1 is 1.27 bits per heavy atom. The molecule has 0 bridgehead atoms. The predicted octanol–water partition coefficient (Wildman–Crippen LogP) is 1.40. The summed E-state index contributed by atoms with van der Waals surface area (Å²) in [7, 11) is 0. The molecule has 0 aromatic carbocycles. The lowest BCUT2D eigenvalue weighted by atomic mass is 10.1. The highest BCUT2D eigenvalue weighted by molar-refractivity contribution is 5.85. The summed E-state index contributed by atoms with van der Waals surface area (Å²) in [5.41, 5.74) is 2.67. The molecule has 0 aromatic heterocycles. The molecule has 26 heavy (non-hydrogen) atoms. The van der Waals surface area contributed by atoms with Crippen LogP contribution in [0.3, 0.4) is 0 Å². The first-order valence-corrected chi connectivity index (χ1v) is 9.15. The molecule has 2 heterocycles. The molecule has 0 radical (unpaired) electrons. The number of nitrogens with zero attached hydrogens (tertiary/aromatic N) is 3. The van der Waals surface area contributed by atoms with Gasteiger partial charge in [-0.05, 0) is 50.7 Å². The number of urea groups is 1. The van der Waals surface area contributed by atoms with E-state index in [-0.39, 0.29) is 42.5 Å². The van der Waals surface area contributed by atoms with E-state index in [1.54, 1.807) is 4.90 Å². The van der Waals surface area contributed by atoms with Gasteiger partial charge in [-0.15, -0.1) is 12.4 Å². The van der Waals surface area contributed by atoms with Gasteiger partial charge in [0.25, 0.3) is 0 Å². The van der Waals surface area contributed by atoms with Crippen molar-refractivity contribution in [3.63, 3.8) is 0 Å². The van der Waals surface area contributed by atoms with Crippen molar-refractivity contribution in [2.24, 2.45) is 0 Å². The van der Waals surface area contributed by atoms with Gasteiger partial charge in [-0.3, -0.25) is 4.79 Å². The van der Waals surface area contributed by atoms with Gasteiger partial charge in [0.1, 0.15) is 6.04 Å². The Hall–Kier alpha value is -1.78. The van der Waals surface area contributed by atoms with Gasteiger partial charge in [0.15, 0.2) is 0 Å². The minimum Gasteiger partial charge on any atom is -0.336 e. The number of carbonyl (C=O) groups is 2. The van der Waals surface area contributed by atoms with Gasteiger partial charge in [-0.2, -0.15) is 5.26 Å². The highest BCUT2D eigenvalue weighted by Gasteiger charge is 2.34. The maximum absolute atomic E-state index is 12.3. The van der Waals surface area contributed by atoms with Gasteiger partial charge in [0.05, 0.1) is 12.6 Å². The number of halogens is 1. The van der Waals surface area contributed by atoms with Crippen molar-refractivity contribution in [3.8, 4) is 6.07 Å². The maximum Gasteiger partial charge on any atom is 0.318 e. The van der Waals surface area contributed by atoms with Gasteiger partial charge in [-0.1, -0.05) is 0 Å².